The number of hydrogen-bond donors (Lipinski definition) is 2. The highest BCUT2D eigenvalue weighted by Gasteiger charge is 2.16. The Morgan fingerprint density at radius 2 is 2.19 bits per heavy atom. The third-order valence-electron chi connectivity index (χ3n) is 3.07. The molecule has 0 unspecified atom stereocenters. The number of rotatable bonds is 6. The number of thiophene rings is 1. The predicted octanol–water partition coefficient (Wildman–Crippen LogP) is 3.73. The second-order valence-electron chi connectivity index (χ2n) is 5.39. The zero-order valence-corrected chi connectivity index (χ0v) is 13.2. The first-order valence-corrected chi connectivity index (χ1v) is 8.00. The van der Waals surface area contributed by atoms with Crippen LogP contribution in [0.5, 0.6) is 0 Å². The summed E-state index contributed by atoms with van der Waals surface area (Å²) >= 11 is 1.68. The van der Waals surface area contributed by atoms with Crippen LogP contribution in [0, 0.1) is 5.92 Å². The first kappa shape index (κ1) is 15.5. The van der Waals surface area contributed by atoms with Crippen molar-refractivity contribution in [3.05, 3.63) is 52.5 Å². The summed E-state index contributed by atoms with van der Waals surface area (Å²) in [4.78, 5) is 17.3. The van der Waals surface area contributed by atoms with Gasteiger partial charge in [-0.1, -0.05) is 26.0 Å². The summed E-state index contributed by atoms with van der Waals surface area (Å²) in [5.41, 5.74) is 0.990. The van der Waals surface area contributed by atoms with Crippen molar-refractivity contribution in [3.63, 3.8) is 0 Å². The van der Waals surface area contributed by atoms with Gasteiger partial charge in [0.1, 0.15) is 0 Å². The number of amides is 2. The maximum absolute atomic E-state index is 12.1. The van der Waals surface area contributed by atoms with Gasteiger partial charge in [0.25, 0.3) is 0 Å². The second kappa shape index (κ2) is 7.78. The minimum absolute atomic E-state index is 0.0684. The lowest BCUT2D eigenvalue weighted by Gasteiger charge is -2.19. The quantitative estimate of drug-likeness (QED) is 0.854. The molecule has 2 heterocycles. The van der Waals surface area contributed by atoms with Crippen molar-refractivity contribution in [3.8, 4) is 0 Å². The molecule has 21 heavy (non-hydrogen) atoms. The summed E-state index contributed by atoms with van der Waals surface area (Å²) in [6.45, 7) is 4.81. The topological polar surface area (TPSA) is 54.0 Å². The summed E-state index contributed by atoms with van der Waals surface area (Å²) in [5, 5.41) is 7.98. The van der Waals surface area contributed by atoms with Gasteiger partial charge in [0.2, 0.25) is 0 Å². The molecular formula is C16H21N3OS. The highest BCUT2D eigenvalue weighted by atomic mass is 32.1. The van der Waals surface area contributed by atoms with Crippen LogP contribution in [0.15, 0.2) is 42.0 Å². The highest BCUT2D eigenvalue weighted by Crippen LogP contribution is 2.25. The van der Waals surface area contributed by atoms with Gasteiger partial charge in [0.15, 0.2) is 0 Å². The van der Waals surface area contributed by atoms with Crippen LogP contribution in [0.3, 0.4) is 0 Å². The Morgan fingerprint density at radius 1 is 1.33 bits per heavy atom. The average molecular weight is 303 g/mol. The van der Waals surface area contributed by atoms with Crippen molar-refractivity contribution in [1.29, 1.82) is 0 Å². The highest BCUT2D eigenvalue weighted by molar-refractivity contribution is 7.10. The molecular weight excluding hydrogens is 282 g/mol. The summed E-state index contributed by atoms with van der Waals surface area (Å²) in [6.07, 6.45) is 4.41. The third-order valence-corrected chi connectivity index (χ3v) is 4.06. The van der Waals surface area contributed by atoms with Crippen LogP contribution in [0.4, 0.5) is 4.79 Å². The van der Waals surface area contributed by atoms with Crippen LogP contribution >= 0.6 is 11.3 Å². The van der Waals surface area contributed by atoms with Gasteiger partial charge in [-0.05, 0) is 35.4 Å². The van der Waals surface area contributed by atoms with Crippen LogP contribution in [0.1, 0.15) is 36.8 Å². The summed E-state index contributed by atoms with van der Waals surface area (Å²) < 4.78 is 0. The van der Waals surface area contributed by atoms with Crippen molar-refractivity contribution < 1.29 is 4.79 Å². The number of hydrogen-bond acceptors (Lipinski definition) is 3. The Labute approximate surface area is 129 Å². The maximum Gasteiger partial charge on any atom is 0.315 e. The van der Waals surface area contributed by atoms with Gasteiger partial charge in [0.05, 0.1) is 6.04 Å². The minimum Gasteiger partial charge on any atom is -0.334 e. The predicted molar refractivity (Wildman–Crippen MR) is 86.1 cm³/mol. The number of aromatic nitrogens is 1. The minimum atomic E-state index is -0.141. The van der Waals surface area contributed by atoms with Crippen LogP contribution in [0.2, 0.25) is 0 Å². The first-order chi connectivity index (χ1) is 10.1. The molecule has 0 aromatic carbocycles. The Kier molecular flexibility index (Phi) is 5.75. The maximum atomic E-state index is 12.1. The van der Waals surface area contributed by atoms with Gasteiger partial charge in [-0.25, -0.2) is 4.79 Å². The summed E-state index contributed by atoms with van der Waals surface area (Å²) in [5.74, 6) is 0.524. The van der Waals surface area contributed by atoms with E-state index in [1.165, 1.54) is 4.88 Å². The molecule has 112 valence electrons. The average Bonchev–Trinajstić information content (AvgIpc) is 2.99. The number of carbonyl (C=O) groups excluding carboxylic acids is 1. The molecule has 4 nitrogen and oxygen atoms in total. The number of nitrogens with one attached hydrogen (secondary N) is 2. The molecule has 2 aromatic rings. The van der Waals surface area contributed by atoms with Gasteiger partial charge in [-0.3, -0.25) is 4.98 Å². The molecule has 0 fully saturated rings. The molecule has 0 aliphatic heterocycles. The molecule has 5 heteroatoms. The molecule has 2 rings (SSSR count). The normalized spacial score (nSPS) is 12.1. The third kappa shape index (κ3) is 5.19. The van der Waals surface area contributed by atoms with Gasteiger partial charge in [-0.2, -0.15) is 0 Å². The van der Waals surface area contributed by atoms with Crippen molar-refractivity contribution >= 4 is 17.4 Å². The lowest BCUT2D eigenvalue weighted by molar-refractivity contribution is 0.235. The molecule has 0 saturated heterocycles. The van der Waals surface area contributed by atoms with E-state index in [-0.39, 0.29) is 12.1 Å². The molecule has 2 amide bonds. The number of urea groups is 1. The Balaban J connectivity index is 1.89. The van der Waals surface area contributed by atoms with E-state index in [1.807, 2.05) is 23.6 Å². The van der Waals surface area contributed by atoms with E-state index >= 15 is 0 Å². The van der Waals surface area contributed by atoms with E-state index in [0.29, 0.717) is 12.5 Å². The molecule has 0 aliphatic rings. The number of pyridine rings is 1. The fraction of sp³-hybridized carbons (Fsp3) is 0.375. The van der Waals surface area contributed by atoms with Gasteiger partial charge in [-0.15, -0.1) is 11.3 Å². The second-order valence-corrected chi connectivity index (χ2v) is 6.37. The van der Waals surface area contributed by atoms with Crippen molar-refractivity contribution in [2.45, 2.75) is 32.9 Å². The van der Waals surface area contributed by atoms with Crippen LogP contribution < -0.4 is 10.6 Å². The largest absolute Gasteiger partial charge is 0.334 e. The number of nitrogens with zero attached hydrogens (tertiary/aromatic N) is 1. The summed E-state index contributed by atoms with van der Waals surface area (Å²) in [6, 6.07) is 7.82. The molecule has 0 saturated carbocycles. The van der Waals surface area contributed by atoms with Gasteiger partial charge < -0.3 is 10.6 Å². The Morgan fingerprint density at radius 3 is 2.81 bits per heavy atom. The summed E-state index contributed by atoms with van der Waals surface area (Å²) in [7, 11) is 0. The van der Waals surface area contributed by atoms with Crippen molar-refractivity contribution in [2.24, 2.45) is 5.92 Å². The lowest BCUT2D eigenvalue weighted by Crippen LogP contribution is -2.37. The van der Waals surface area contributed by atoms with Crippen LogP contribution in [-0.4, -0.2) is 11.0 Å². The molecule has 0 spiro atoms. The Hall–Kier alpha value is -1.88. The van der Waals surface area contributed by atoms with E-state index in [2.05, 4.69) is 35.5 Å². The standard InChI is InChI=1S/C16H21N3OS/c1-12(2)9-14(15-6-4-8-21-15)19-16(20)18-11-13-5-3-7-17-10-13/h3-8,10,12,14H,9,11H2,1-2H3,(H2,18,19,20)/t14-/m0/s1. The monoisotopic (exact) mass is 303 g/mol. The smallest absolute Gasteiger partial charge is 0.315 e. The fourth-order valence-electron chi connectivity index (χ4n) is 2.10. The Bertz CT molecular complexity index is 540. The van der Waals surface area contributed by atoms with E-state index in [4.69, 9.17) is 0 Å². The molecule has 2 N–H and O–H groups in total. The lowest BCUT2D eigenvalue weighted by atomic mass is 10.0. The molecule has 0 aliphatic carbocycles. The molecule has 1 atom stereocenters. The van der Waals surface area contributed by atoms with Gasteiger partial charge >= 0.3 is 6.03 Å². The zero-order chi connectivity index (χ0) is 15.1. The van der Waals surface area contributed by atoms with Crippen LogP contribution in [-0.2, 0) is 6.54 Å². The van der Waals surface area contributed by atoms with E-state index in [1.54, 1.807) is 23.7 Å². The van der Waals surface area contributed by atoms with E-state index < -0.39 is 0 Å². The zero-order valence-electron chi connectivity index (χ0n) is 12.4. The SMILES string of the molecule is CC(C)C[C@H](NC(=O)NCc1cccnc1)c1cccs1. The van der Waals surface area contributed by atoms with Gasteiger partial charge in [0, 0.05) is 23.8 Å². The molecule has 0 radical (unpaired) electrons. The molecule has 2 aromatic heterocycles. The van der Waals surface area contributed by atoms with Crippen molar-refractivity contribution in [1.82, 2.24) is 15.6 Å². The van der Waals surface area contributed by atoms with Crippen molar-refractivity contribution in [2.75, 3.05) is 0 Å². The first-order valence-electron chi connectivity index (χ1n) is 7.12. The van der Waals surface area contributed by atoms with E-state index in [9.17, 15) is 4.79 Å². The fourth-order valence-corrected chi connectivity index (χ4v) is 2.89. The molecule has 0 bridgehead atoms. The van der Waals surface area contributed by atoms with Crippen LogP contribution in [0.25, 0.3) is 0 Å². The van der Waals surface area contributed by atoms with E-state index in [0.717, 1.165) is 12.0 Å². The number of carbonyl (C=O) groups is 1.